The van der Waals surface area contributed by atoms with Gasteiger partial charge in [0.2, 0.25) is 10.0 Å². The summed E-state index contributed by atoms with van der Waals surface area (Å²) >= 11 is 1.66. The van der Waals surface area contributed by atoms with Gasteiger partial charge in [-0.1, -0.05) is 12.1 Å². The molecule has 0 fully saturated rings. The van der Waals surface area contributed by atoms with Gasteiger partial charge in [-0.05, 0) is 26.0 Å². The zero-order valence-corrected chi connectivity index (χ0v) is 12.0. The third kappa shape index (κ3) is 3.08. The minimum absolute atomic E-state index is 0.561. The van der Waals surface area contributed by atoms with Crippen molar-refractivity contribution < 1.29 is 8.42 Å². The highest BCUT2D eigenvalue weighted by molar-refractivity contribution is 7.92. The lowest BCUT2D eigenvalue weighted by Crippen LogP contribution is -2.09. The molecule has 4 nitrogen and oxygen atoms in total. The minimum atomic E-state index is -3.22. The first-order chi connectivity index (χ1) is 8.35. The average molecular weight is 282 g/mol. The number of benzene rings is 1. The first kappa shape index (κ1) is 13.0. The summed E-state index contributed by atoms with van der Waals surface area (Å²) in [6.07, 6.45) is 1.13. The second-order valence-electron chi connectivity index (χ2n) is 4.09. The van der Waals surface area contributed by atoms with E-state index in [1.807, 2.05) is 26.0 Å². The Morgan fingerprint density at radius 2 is 1.78 bits per heavy atom. The second kappa shape index (κ2) is 4.70. The number of anilines is 1. The molecule has 6 heteroatoms. The van der Waals surface area contributed by atoms with E-state index in [0.29, 0.717) is 5.69 Å². The van der Waals surface area contributed by atoms with Crippen LogP contribution in [0, 0.1) is 13.8 Å². The molecule has 0 radical (unpaired) electrons. The predicted molar refractivity (Wildman–Crippen MR) is 75.5 cm³/mol. The van der Waals surface area contributed by atoms with Crippen molar-refractivity contribution in [1.29, 1.82) is 0 Å². The Hall–Kier alpha value is -1.40. The Morgan fingerprint density at radius 1 is 1.17 bits per heavy atom. The fourth-order valence-corrected chi connectivity index (χ4v) is 3.11. The minimum Gasteiger partial charge on any atom is -0.284 e. The number of hydrogen-bond donors (Lipinski definition) is 1. The van der Waals surface area contributed by atoms with E-state index in [2.05, 4.69) is 9.71 Å². The molecule has 1 N–H and O–H groups in total. The number of nitrogens with one attached hydrogen (secondary N) is 1. The number of sulfonamides is 1. The van der Waals surface area contributed by atoms with E-state index < -0.39 is 10.0 Å². The molecule has 2 aromatic rings. The molecule has 0 aliphatic rings. The van der Waals surface area contributed by atoms with Gasteiger partial charge in [0.25, 0.3) is 0 Å². The van der Waals surface area contributed by atoms with Crippen LogP contribution in [0.15, 0.2) is 24.3 Å². The Morgan fingerprint density at radius 3 is 2.22 bits per heavy atom. The number of aromatic nitrogens is 1. The largest absolute Gasteiger partial charge is 0.284 e. The standard InChI is InChI=1S/C12H14N2O2S2/c1-8-12(13-9(2)17-8)10-4-6-11(7-5-10)14-18(3,15)16/h4-7,14H,1-3H3. The van der Waals surface area contributed by atoms with Crippen LogP contribution in [0.4, 0.5) is 5.69 Å². The van der Waals surface area contributed by atoms with E-state index in [4.69, 9.17) is 0 Å². The number of rotatable bonds is 3. The molecule has 1 aromatic carbocycles. The Kier molecular flexibility index (Phi) is 3.41. The Balaban J connectivity index is 2.30. The van der Waals surface area contributed by atoms with Crippen LogP contribution in [0.1, 0.15) is 9.88 Å². The molecular weight excluding hydrogens is 268 g/mol. The molecule has 0 atom stereocenters. The van der Waals surface area contributed by atoms with Crippen molar-refractivity contribution in [2.24, 2.45) is 0 Å². The summed E-state index contributed by atoms with van der Waals surface area (Å²) in [6.45, 7) is 4.00. The fraction of sp³-hybridized carbons (Fsp3) is 0.250. The van der Waals surface area contributed by atoms with Crippen LogP contribution in [0.2, 0.25) is 0 Å². The molecule has 18 heavy (non-hydrogen) atoms. The normalized spacial score (nSPS) is 11.5. The van der Waals surface area contributed by atoms with E-state index in [1.165, 1.54) is 0 Å². The summed E-state index contributed by atoms with van der Waals surface area (Å²) in [4.78, 5) is 5.63. The van der Waals surface area contributed by atoms with E-state index >= 15 is 0 Å². The fourth-order valence-electron chi connectivity index (χ4n) is 1.71. The molecule has 0 saturated carbocycles. The predicted octanol–water partition coefficient (Wildman–Crippen LogP) is 2.80. The number of thiazole rings is 1. The summed E-state index contributed by atoms with van der Waals surface area (Å²) in [5.41, 5.74) is 2.52. The summed E-state index contributed by atoms with van der Waals surface area (Å²) in [6, 6.07) is 7.22. The maximum Gasteiger partial charge on any atom is 0.229 e. The highest BCUT2D eigenvalue weighted by Gasteiger charge is 2.08. The maximum atomic E-state index is 11.1. The van der Waals surface area contributed by atoms with Crippen molar-refractivity contribution in [2.45, 2.75) is 13.8 Å². The van der Waals surface area contributed by atoms with Gasteiger partial charge in [0.1, 0.15) is 0 Å². The van der Waals surface area contributed by atoms with Gasteiger partial charge in [0.05, 0.1) is 17.0 Å². The summed E-state index contributed by atoms with van der Waals surface area (Å²) in [7, 11) is -3.22. The zero-order chi connectivity index (χ0) is 13.3. The van der Waals surface area contributed by atoms with Crippen LogP contribution in [0.5, 0.6) is 0 Å². The molecule has 1 heterocycles. The van der Waals surface area contributed by atoms with Crippen molar-refractivity contribution in [3.63, 3.8) is 0 Å². The van der Waals surface area contributed by atoms with Crippen molar-refractivity contribution in [3.05, 3.63) is 34.2 Å². The molecular formula is C12H14N2O2S2. The molecule has 0 aliphatic heterocycles. The molecule has 2 rings (SSSR count). The van der Waals surface area contributed by atoms with Gasteiger partial charge in [-0.25, -0.2) is 13.4 Å². The summed E-state index contributed by atoms with van der Waals surface area (Å²) in [5.74, 6) is 0. The monoisotopic (exact) mass is 282 g/mol. The van der Waals surface area contributed by atoms with Gasteiger partial charge >= 0.3 is 0 Å². The molecule has 0 bridgehead atoms. The molecule has 0 amide bonds. The average Bonchev–Trinajstić information content (AvgIpc) is 2.57. The van der Waals surface area contributed by atoms with Gasteiger partial charge in [0, 0.05) is 16.1 Å². The molecule has 0 aliphatic carbocycles. The highest BCUT2D eigenvalue weighted by Crippen LogP contribution is 2.28. The summed E-state index contributed by atoms with van der Waals surface area (Å²) < 4.78 is 24.6. The van der Waals surface area contributed by atoms with Gasteiger partial charge < -0.3 is 0 Å². The Bertz CT molecular complexity index is 658. The van der Waals surface area contributed by atoms with Crippen LogP contribution < -0.4 is 4.72 Å². The lowest BCUT2D eigenvalue weighted by molar-refractivity contribution is 0.607. The molecule has 0 spiro atoms. The molecule has 0 saturated heterocycles. The van der Waals surface area contributed by atoms with Gasteiger partial charge in [0.15, 0.2) is 0 Å². The van der Waals surface area contributed by atoms with E-state index in [1.54, 1.807) is 23.5 Å². The molecule has 96 valence electrons. The third-order valence-corrected chi connectivity index (χ3v) is 3.86. The first-order valence-corrected chi connectivity index (χ1v) is 8.08. The smallest absolute Gasteiger partial charge is 0.229 e. The number of aryl methyl sites for hydroxylation is 2. The number of hydrogen-bond acceptors (Lipinski definition) is 4. The van der Waals surface area contributed by atoms with Gasteiger partial charge in [-0.3, -0.25) is 4.72 Å². The Labute approximate surface area is 111 Å². The van der Waals surface area contributed by atoms with E-state index in [-0.39, 0.29) is 0 Å². The topological polar surface area (TPSA) is 59.1 Å². The van der Waals surface area contributed by atoms with E-state index in [0.717, 1.165) is 27.4 Å². The molecule has 0 unspecified atom stereocenters. The van der Waals surface area contributed by atoms with Crippen LogP contribution in [-0.2, 0) is 10.0 Å². The second-order valence-corrected chi connectivity index (χ2v) is 7.25. The highest BCUT2D eigenvalue weighted by atomic mass is 32.2. The van der Waals surface area contributed by atoms with Crippen molar-refractivity contribution >= 4 is 27.0 Å². The van der Waals surface area contributed by atoms with E-state index in [9.17, 15) is 8.42 Å². The van der Waals surface area contributed by atoms with Crippen LogP contribution in [0.25, 0.3) is 11.3 Å². The lowest BCUT2D eigenvalue weighted by atomic mass is 10.1. The summed E-state index contributed by atoms with van der Waals surface area (Å²) in [5, 5.41) is 1.03. The first-order valence-electron chi connectivity index (χ1n) is 5.37. The van der Waals surface area contributed by atoms with Crippen molar-refractivity contribution in [2.75, 3.05) is 11.0 Å². The number of nitrogens with zero attached hydrogens (tertiary/aromatic N) is 1. The van der Waals surface area contributed by atoms with Crippen molar-refractivity contribution in [3.8, 4) is 11.3 Å². The lowest BCUT2D eigenvalue weighted by Gasteiger charge is -2.04. The zero-order valence-electron chi connectivity index (χ0n) is 10.4. The van der Waals surface area contributed by atoms with Crippen LogP contribution >= 0.6 is 11.3 Å². The molecule has 1 aromatic heterocycles. The van der Waals surface area contributed by atoms with Gasteiger partial charge in [-0.2, -0.15) is 0 Å². The third-order valence-electron chi connectivity index (χ3n) is 2.37. The SMILES string of the molecule is Cc1nc(-c2ccc(NS(C)(=O)=O)cc2)c(C)s1. The van der Waals surface area contributed by atoms with Gasteiger partial charge in [-0.15, -0.1) is 11.3 Å². The quantitative estimate of drug-likeness (QED) is 0.941. The van der Waals surface area contributed by atoms with Crippen molar-refractivity contribution in [1.82, 2.24) is 4.98 Å². The maximum absolute atomic E-state index is 11.1. The van der Waals surface area contributed by atoms with Crippen LogP contribution in [0.3, 0.4) is 0 Å². The van der Waals surface area contributed by atoms with Crippen LogP contribution in [-0.4, -0.2) is 19.7 Å².